The lowest BCUT2D eigenvalue weighted by atomic mass is 10.2. The Labute approximate surface area is 90.1 Å². The number of nitrogens with zero attached hydrogens (tertiary/aromatic N) is 2. The van der Waals surface area contributed by atoms with Crippen LogP contribution in [-0.2, 0) is 11.3 Å². The topological polar surface area (TPSA) is 54.9 Å². The summed E-state index contributed by atoms with van der Waals surface area (Å²) in [6, 6.07) is 0. The maximum atomic E-state index is 11.3. The van der Waals surface area contributed by atoms with Crippen molar-refractivity contribution < 1.29 is 4.79 Å². The normalized spacial score (nSPS) is 10.0. The molecule has 4 nitrogen and oxygen atoms in total. The van der Waals surface area contributed by atoms with E-state index in [1.165, 1.54) is 0 Å². The van der Waals surface area contributed by atoms with E-state index in [2.05, 4.69) is 22.2 Å². The molecule has 0 aromatic carbocycles. The Morgan fingerprint density at radius 3 is 2.80 bits per heavy atom. The average Bonchev–Trinajstić information content (AvgIpc) is 2.25. The van der Waals surface area contributed by atoms with Crippen molar-refractivity contribution in [1.82, 2.24) is 15.3 Å². The molecule has 0 fully saturated rings. The Bertz CT molecular complexity index is 308. The quantitative estimate of drug-likeness (QED) is 0.797. The minimum absolute atomic E-state index is 0.0826. The minimum atomic E-state index is 0.0826. The predicted molar refractivity (Wildman–Crippen MR) is 58.1 cm³/mol. The zero-order valence-corrected chi connectivity index (χ0v) is 9.29. The van der Waals surface area contributed by atoms with E-state index in [4.69, 9.17) is 0 Å². The highest BCUT2D eigenvalue weighted by atomic mass is 16.1. The first kappa shape index (κ1) is 11.6. The summed E-state index contributed by atoms with van der Waals surface area (Å²) in [5.74, 6) is 0.0826. The summed E-state index contributed by atoms with van der Waals surface area (Å²) in [5.41, 5.74) is 1.68. The molecular formula is C11H17N3O. The number of aromatic nitrogens is 2. The van der Waals surface area contributed by atoms with Crippen LogP contribution in [0.4, 0.5) is 0 Å². The second-order valence-corrected chi connectivity index (χ2v) is 3.53. The maximum absolute atomic E-state index is 11.3. The Morgan fingerprint density at radius 2 is 2.20 bits per heavy atom. The van der Waals surface area contributed by atoms with Crippen LogP contribution in [0.5, 0.6) is 0 Å². The number of nitrogens with one attached hydrogen (secondary N) is 1. The van der Waals surface area contributed by atoms with E-state index in [1.54, 1.807) is 12.4 Å². The molecule has 15 heavy (non-hydrogen) atoms. The van der Waals surface area contributed by atoms with Gasteiger partial charge in [0.1, 0.15) is 0 Å². The molecule has 1 aromatic rings. The standard InChI is InChI=1S/C11H17N3O/c1-3-4-5-11(15)14-8-10-7-12-9(2)6-13-10/h6-7H,3-5,8H2,1-2H3,(H,14,15). The van der Waals surface area contributed by atoms with Gasteiger partial charge in [0.25, 0.3) is 0 Å². The fourth-order valence-corrected chi connectivity index (χ4v) is 1.13. The zero-order chi connectivity index (χ0) is 11.1. The lowest BCUT2D eigenvalue weighted by Gasteiger charge is -2.03. The van der Waals surface area contributed by atoms with E-state index in [0.29, 0.717) is 13.0 Å². The number of carbonyl (C=O) groups is 1. The largest absolute Gasteiger partial charge is 0.350 e. The van der Waals surface area contributed by atoms with Gasteiger partial charge < -0.3 is 5.32 Å². The molecule has 1 amide bonds. The van der Waals surface area contributed by atoms with Crippen LogP contribution in [0.1, 0.15) is 37.6 Å². The number of hydrogen-bond acceptors (Lipinski definition) is 3. The molecule has 0 unspecified atom stereocenters. The SMILES string of the molecule is CCCCC(=O)NCc1cnc(C)cn1. The van der Waals surface area contributed by atoms with Crippen molar-refractivity contribution in [3.63, 3.8) is 0 Å². The highest BCUT2D eigenvalue weighted by Gasteiger charge is 2.00. The Balaban J connectivity index is 2.30. The van der Waals surface area contributed by atoms with Crippen LogP contribution in [0.3, 0.4) is 0 Å². The second-order valence-electron chi connectivity index (χ2n) is 3.53. The fourth-order valence-electron chi connectivity index (χ4n) is 1.13. The molecule has 1 rings (SSSR count). The molecule has 0 atom stereocenters. The molecule has 1 aromatic heterocycles. The van der Waals surface area contributed by atoms with E-state index >= 15 is 0 Å². The van der Waals surface area contributed by atoms with Gasteiger partial charge in [-0.25, -0.2) is 0 Å². The number of aryl methyl sites for hydroxylation is 1. The van der Waals surface area contributed by atoms with E-state index in [0.717, 1.165) is 24.2 Å². The van der Waals surface area contributed by atoms with Crippen LogP contribution in [0, 0.1) is 6.92 Å². The van der Waals surface area contributed by atoms with Crippen LogP contribution in [-0.4, -0.2) is 15.9 Å². The van der Waals surface area contributed by atoms with Gasteiger partial charge in [-0.05, 0) is 13.3 Å². The molecule has 0 saturated carbocycles. The van der Waals surface area contributed by atoms with Crippen LogP contribution in [0.25, 0.3) is 0 Å². The van der Waals surface area contributed by atoms with Crippen LogP contribution >= 0.6 is 0 Å². The lowest BCUT2D eigenvalue weighted by Crippen LogP contribution is -2.22. The van der Waals surface area contributed by atoms with Crippen LogP contribution in [0.2, 0.25) is 0 Å². The van der Waals surface area contributed by atoms with Crippen molar-refractivity contribution >= 4 is 5.91 Å². The predicted octanol–water partition coefficient (Wildman–Crippen LogP) is 1.59. The van der Waals surface area contributed by atoms with E-state index < -0.39 is 0 Å². The number of hydrogen-bond donors (Lipinski definition) is 1. The van der Waals surface area contributed by atoms with Crippen LogP contribution in [0.15, 0.2) is 12.4 Å². The van der Waals surface area contributed by atoms with Gasteiger partial charge in [0.05, 0.1) is 24.1 Å². The first-order chi connectivity index (χ1) is 7.22. The third-order valence-corrected chi connectivity index (χ3v) is 2.06. The van der Waals surface area contributed by atoms with Gasteiger partial charge in [0.2, 0.25) is 5.91 Å². The highest BCUT2D eigenvalue weighted by Crippen LogP contribution is 1.96. The van der Waals surface area contributed by atoms with Crippen molar-refractivity contribution in [2.24, 2.45) is 0 Å². The summed E-state index contributed by atoms with van der Waals surface area (Å²) in [5, 5.41) is 2.81. The van der Waals surface area contributed by atoms with Gasteiger partial charge >= 0.3 is 0 Å². The number of rotatable bonds is 5. The number of carbonyl (C=O) groups excluding carboxylic acids is 1. The molecule has 0 aliphatic rings. The molecule has 0 aliphatic heterocycles. The minimum Gasteiger partial charge on any atom is -0.350 e. The first-order valence-electron chi connectivity index (χ1n) is 5.26. The lowest BCUT2D eigenvalue weighted by molar-refractivity contribution is -0.121. The first-order valence-corrected chi connectivity index (χ1v) is 5.26. The monoisotopic (exact) mass is 207 g/mol. The number of amides is 1. The van der Waals surface area contributed by atoms with Crippen molar-refractivity contribution in [3.8, 4) is 0 Å². The average molecular weight is 207 g/mol. The highest BCUT2D eigenvalue weighted by molar-refractivity contribution is 5.75. The summed E-state index contributed by atoms with van der Waals surface area (Å²) in [4.78, 5) is 19.5. The van der Waals surface area contributed by atoms with Crippen molar-refractivity contribution in [1.29, 1.82) is 0 Å². The summed E-state index contributed by atoms with van der Waals surface area (Å²) >= 11 is 0. The Kier molecular flexibility index (Phi) is 4.74. The molecule has 0 radical (unpaired) electrons. The second kappa shape index (κ2) is 6.11. The fraction of sp³-hybridized carbons (Fsp3) is 0.545. The summed E-state index contributed by atoms with van der Waals surface area (Å²) in [7, 11) is 0. The Hall–Kier alpha value is -1.45. The Morgan fingerprint density at radius 1 is 1.40 bits per heavy atom. The molecule has 1 heterocycles. The molecule has 0 aliphatic carbocycles. The van der Waals surface area contributed by atoms with E-state index in [1.807, 2.05) is 6.92 Å². The third-order valence-electron chi connectivity index (χ3n) is 2.06. The molecular weight excluding hydrogens is 190 g/mol. The molecule has 82 valence electrons. The van der Waals surface area contributed by atoms with Gasteiger partial charge in [0, 0.05) is 12.6 Å². The zero-order valence-electron chi connectivity index (χ0n) is 9.29. The summed E-state index contributed by atoms with van der Waals surface area (Å²) < 4.78 is 0. The smallest absolute Gasteiger partial charge is 0.220 e. The van der Waals surface area contributed by atoms with E-state index in [-0.39, 0.29) is 5.91 Å². The molecule has 0 bridgehead atoms. The maximum Gasteiger partial charge on any atom is 0.220 e. The molecule has 4 heteroatoms. The molecule has 0 saturated heterocycles. The van der Waals surface area contributed by atoms with Gasteiger partial charge in [-0.3, -0.25) is 14.8 Å². The summed E-state index contributed by atoms with van der Waals surface area (Å²) in [6.45, 7) is 4.42. The van der Waals surface area contributed by atoms with Crippen LogP contribution < -0.4 is 5.32 Å². The van der Waals surface area contributed by atoms with Crippen molar-refractivity contribution in [2.45, 2.75) is 39.7 Å². The van der Waals surface area contributed by atoms with Gasteiger partial charge in [-0.2, -0.15) is 0 Å². The third kappa shape index (κ3) is 4.54. The summed E-state index contributed by atoms with van der Waals surface area (Å²) in [6.07, 6.45) is 5.96. The molecule has 0 spiro atoms. The van der Waals surface area contributed by atoms with E-state index in [9.17, 15) is 4.79 Å². The van der Waals surface area contributed by atoms with Gasteiger partial charge in [-0.15, -0.1) is 0 Å². The molecule has 1 N–H and O–H groups in total. The van der Waals surface area contributed by atoms with Gasteiger partial charge in [-0.1, -0.05) is 13.3 Å². The van der Waals surface area contributed by atoms with Gasteiger partial charge in [0.15, 0.2) is 0 Å². The number of unbranched alkanes of at least 4 members (excludes halogenated alkanes) is 1. The van der Waals surface area contributed by atoms with Crippen molar-refractivity contribution in [2.75, 3.05) is 0 Å². The van der Waals surface area contributed by atoms with Crippen molar-refractivity contribution in [3.05, 3.63) is 23.8 Å².